The number of aliphatic hydroxyl groups excluding tert-OH is 1. The second-order valence-corrected chi connectivity index (χ2v) is 4.28. The van der Waals surface area contributed by atoms with Crippen LogP contribution in [0.15, 0.2) is 0 Å². The number of alkyl halides is 1. The van der Waals surface area contributed by atoms with Crippen LogP contribution in [0.1, 0.15) is 19.3 Å². The Bertz CT molecular complexity index is 170. The monoisotopic (exact) mass is 173 g/mol. The highest BCUT2D eigenvalue weighted by molar-refractivity contribution is 4.96. The molecular weight excluding hydrogens is 157 g/mol. The molecule has 1 N–H and O–H groups in total. The van der Waals surface area contributed by atoms with Crippen LogP contribution in [0.4, 0.5) is 4.39 Å². The summed E-state index contributed by atoms with van der Waals surface area (Å²) in [4.78, 5) is 2.15. The van der Waals surface area contributed by atoms with Crippen LogP contribution in [0.3, 0.4) is 0 Å². The molecular formula is C9H16FNO. The van der Waals surface area contributed by atoms with Gasteiger partial charge in [-0.1, -0.05) is 0 Å². The van der Waals surface area contributed by atoms with Crippen molar-refractivity contribution >= 4 is 0 Å². The fourth-order valence-electron chi connectivity index (χ4n) is 1.95. The third-order valence-corrected chi connectivity index (χ3v) is 3.07. The van der Waals surface area contributed by atoms with Gasteiger partial charge in [-0.15, -0.1) is 0 Å². The van der Waals surface area contributed by atoms with E-state index in [0.717, 1.165) is 25.9 Å². The number of halogens is 1. The summed E-state index contributed by atoms with van der Waals surface area (Å²) in [5.74, 6) is 0. The van der Waals surface area contributed by atoms with E-state index in [9.17, 15) is 4.39 Å². The van der Waals surface area contributed by atoms with Crippen LogP contribution in [0.25, 0.3) is 0 Å². The smallest absolute Gasteiger partial charge is 0.114 e. The van der Waals surface area contributed by atoms with E-state index < -0.39 is 6.17 Å². The Labute approximate surface area is 72.4 Å². The second kappa shape index (κ2) is 2.96. The van der Waals surface area contributed by atoms with Gasteiger partial charge in [0.2, 0.25) is 0 Å². The van der Waals surface area contributed by atoms with Crippen molar-refractivity contribution in [2.24, 2.45) is 5.41 Å². The molecule has 2 aliphatic rings. The minimum Gasteiger partial charge on any atom is -0.396 e. The van der Waals surface area contributed by atoms with E-state index in [1.807, 2.05) is 0 Å². The fourth-order valence-corrected chi connectivity index (χ4v) is 1.95. The van der Waals surface area contributed by atoms with Crippen LogP contribution in [-0.4, -0.2) is 42.4 Å². The Balaban J connectivity index is 1.80. The zero-order valence-electron chi connectivity index (χ0n) is 7.30. The van der Waals surface area contributed by atoms with Crippen LogP contribution in [0, 0.1) is 5.41 Å². The van der Waals surface area contributed by atoms with E-state index in [1.54, 1.807) is 0 Å². The summed E-state index contributed by atoms with van der Waals surface area (Å²) < 4.78 is 12.8. The van der Waals surface area contributed by atoms with Crippen molar-refractivity contribution < 1.29 is 9.50 Å². The molecule has 1 aliphatic carbocycles. The van der Waals surface area contributed by atoms with Crippen LogP contribution < -0.4 is 0 Å². The number of hydrogen-bond donors (Lipinski definition) is 1. The molecule has 1 aliphatic heterocycles. The molecule has 70 valence electrons. The number of aliphatic hydroxyl groups is 1. The van der Waals surface area contributed by atoms with Crippen LogP contribution in [0.5, 0.6) is 0 Å². The van der Waals surface area contributed by atoms with Gasteiger partial charge in [0.05, 0.1) is 0 Å². The average molecular weight is 173 g/mol. The van der Waals surface area contributed by atoms with Gasteiger partial charge < -0.3 is 5.11 Å². The molecule has 0 amide bonds. The van der Waals surface area contributed by atoms with Gasteiger partial charge in [0.15, 0.2) is 0 Å². The molecule has 2 rings (SSSR count). The van der Waals surface area contributed by atoms with E-state index in [1.165, 1.54) is 0 Å². The van der Waals surface area contributed by atoms with Gasteiger partial charge in [-0.25, -0.2) is 4.39 Å². The normalized spacial score (nSPS) is 34.0. The maximum atomic E-state index is 12.8. The number of hydrogen-bond acceptors (Lipinski definition) is 2. The predicted molar refractivity (Wildman–Crippen MR) is 44.7 cm³/mol. The highest BCUT2D eigenvalue weighted by Crippen LogP contribution is 2.46. The molecule has 0 bridgehead atoms. The van der Waals surface area contributed by atoms with E-state index in [2.05, 4.69) is 4.90 Å². The zero-order valence-corrected chi connectivity index (χ0v) is 7.30. The van der Waals surface area contributed by atoms with Crippen molar-refractivity contribution in [1.29, 1.82) is 0 Å². The summed E-state index contributed by atoms with van der Waals surface area (Å²) >= 11 is 0. The van der Waals surface area contributed by atoms with E-state index in [4.69, 9.17) is 5.11 Å². The second-order valence-electron chi connectivity index (χ2n) is 4.28. The largest absolute Gasteiger partial charge is 0.396 e. The molecule has 0 aromatic heterocycles. The minimum atomic E-state index is -0.625. The molecule has 0 aromatic carbocycles. The summed E-state index contributed by atoms with van der Waals surface area (Å²) in [5, 5.41) is 9.06. The van der Waals surface area contributed by atoms with Crippen molar-refractivity contribution in [3.05, 3.63) is 0 Å². The van der Waals surface area contributed by atoms with Crippen LogP contribution in [-0.2, 0) is 0 Å². The maximum Gasteiger partial charge on any atom is 0.114 e. The molecule has 1 saturated carbocycles. The molecule has 0 unspecified atom stereocenters. The van der Waals surface area contributed by atoms with Gasteiger partial charge in [-0.2, -0.15) is 0 Å². The van der Waals surface area contributed by atoms with Gasteiger partial charge in [0, 0.05) is 31.7 Å². The first-order valence-electron chi connectivity index (χ1n) is 4.71. The first-order chi connectivity index (χ1) is 5.74. The highest BCUT2D eigenvalue weighted by atomic mass is 19.1. The Morgan fingerprint density at radius 1 is 1.50 bits per heavy atom. The summed E-state index contributed by atoms with van der Waals surface area (Å²) in [6.07, 6.45) is 2.30. The lowest BCUT2D eigenvalue weighted by Gasteiger charge is -2.20. The van der Waals surface area contributed by atoms with Crippen molar-refractivity contribution in [3.8, 4) is 0 Å². The van der Waals surface area contributed by atoms with Gasteiger partial charge >= 0.3 is 0 Å². The summed E-state index contributed by atoms with van der Waals surface area (Å²) in [6.45, 7) is 2.65. The molecule has 1 saturated heterocycles. The Kier molecular flexibility index (Phi) is 2.09. The van der Waals surface area contributed by atoms with Gasteiger partial charge in [-0.3, -0.25) is 4.90 Å². The van der Waals surface area contributed by atoms with Crippen LogP contribution in [0.2, 0.25) is 0 Å². The van der Waals surface area contributed by atoms with E-state index >= 15 is 0 Å². The predicted octanol–water partition coefficient (Wildman–Crippen LogP) is 0.803. The minimum absolute atomic E-state index is 0.157. The van der Waals surface area contributed by atoms with Gasteiger partial charge in [0.25, 0.3) is 0 Å². The SMILES string of the molecule is OCC1(CN2CC[C@H](F)C2)CC1. The summed E-state index contributed by atoms with van der Waals surface area (Å²) in [6, 6.07) is 0. The van der Waals surface area contributed by atoms with Crippen molar-refractivity contribution in [2.75, 3.05) is 26.2 Å². The molecule has 0 radical (unpaired) electrons. The molecule has 1 atom stereocenters. The zero-order chi connectivity index (χ0) is 8.60. The number of likely N-dealkylation sites (tertiary alicyclic amines) is 1. The van der Waals surface area contributed by atoms with Gasteiger partial charge in [-0.05, 0) is 19.3 Å². The van der Waals surface area contributed by atoms with E-state index in [0.29, 0.717) is 13.0 Å². The molecule has 3 heteroatoms. The molecule has 2 nitrogen and oxygen atoms in total. The Morgan fingerprint density at radius 3 is 2.67 bits per heavy atom. The van der Waals surface area contributed by atoms with Crippen molar-refractivity contribution in [2.45, 2.75) is 25.4 Å². The maximum absolute atomic E-state index is 12.8. The van der Waals surface area contributed by atoms with Crippen molar-refractivity contribution in [3.63, 3.8) is 0 Å². The molecule has 0 aromatic rings. The summed E-state index contributed by atoms with van der Waals surface area (Å²) in [5.41, 5.74) is 0.157. The molecule has 12 heavy (non-hydrogen) atoms. The van der Waals surface area contributed by atoms with Crippen molar-refractivity contribution in [1.82, 2.24) is 4.90 Å². The molecule has 2 fully saturated rings. The number of nitrogens with zero attached hydrogens (tertiary/aromatic N) is 1. The third kappa shape index (κ3) is 1.62. The lowest BCUT2D eigenvalue weighted by atomic mass is 10.1. The van der Waals surface area contributed by atoms with Gasteiger partial charge in [0.1, 0.15) is 6.17 Å². The fraction of sp³-hybridized carbons (Fsp3) is 1.00. The first kappa shape index (κ1) is 8.45. The standard InChI is InChI=1S/C9H16FNO/c10-8-1-4-11(5-8)6-9(7-12)2-3-9/h8,12H,1-7H2/t8-/m0/s1. The topological polar surface area (TPSA) is 23.5 Å². The number of rotatable bonds is 3. The van der Waals surface area contributed by atoms with Crippen LogP contribution >= 0.6 is 0 Å². The average Bonchev–Trinajstić information content (AvgIpc) is 2.71. The first-order valence-corrected chi connectivity index (χ1v) is 4.71. The third-order valence-electron chi connectivity index (χ3n) is 3.07. The highest BCUT2D eigenvalue weighted by Gasteiger charge is 2.44. The lowest BCUT2D eigenvalue weighted by molar-refractivity contribution is 0.158. The quantitative estimate of drug-likeness (QED) is 0.682. The molecule has 1 heterocycles. The van der Waals surface area contributed by atoms with E-state index in [-0.39, 0.29) is 12.0 Å². The lowest BCUT2D eigenvalue weighted by Crippen LogP contribution is -2.30. The molecule has 0 spiro atoms. The Hall–Kier alpha value is -0.150. The summed E-state index contributed by atoms with van der Waals surface area (Å²) in [7, 11) is 0. The Morgan fingerprint density at radius 2 is 2.25 bits per heavy atom.